The zero-order valence-electron chi connectivity index (χ0n) is 16.4. The van der Waals surface area contributed by atoms with E-state index in [1.165, 1.54) is 22.1 Å². The molecule has 3 nitrogen and oxygen atoms in total. The third kappa shape index (κ3) is 3.50. The van der Waals surface area contributed by atoms with Gasteiger partial charge in [-0.05, 0) is 53.8 Å². The summed E-state index contributed by atoms with van der Waals surface area (Å²) in [6.07, 6.45) is 2.29. The molecule has 0 unspecified atom stereocenters. The second-order valence-corrected chi connectivity index (χ2v) is 7.76. The highest BCUT2D eigenvalue weighted by Crippen LogP contribution is 2.30. The zero-order chi connectivity index (χ0) is 19.6. The van der Waals surface area contributed by atoms with Crippen LogP contribution in [0.25, 0.3) is 10.9 Å². The van der Waals surface area contributed by atoms with E-state index in [1.807, 2.05) is 34.9 Å². The number of nitrogens with zero attached hydrogens (tertiary/aromatic N) is 1. The van der Waals surface area contributed by atoms with Crippen LogP contribution >= 0.6 is 0 Å². The minimum absolute atomic E-state index is 0.141. The van der Waals surface area contributed by atoms with Gasteiger partial charge in [0, 0.05) is 17.6 Å². The predicted molar refractivity (Wildman–Crippen MR) is 117 cm³/mol. The smallest absolute Gasteiger partial charge is 0.235 e. The lowest BCUT2D eigenvalue weighted by atomic mass is 10.00. The number of benzene rings is 3. The molecule has 0 bridgehead atoms. The fraction of sp³-hybridized carbons (Fsp3) is 0.192. The average Bonchev–Trinajstić information content (AvgIpc) is 3.09. The highest BCUT2D eigenvalue weighted by molar-refractivity contribution is 5.97. The Labute approximate surface area is 171 Å². The van der Waals surface area contributed by atoms with Crippen molar-refractivity contribution < 1.29 is 4.79 Å². The fourth-order valence-corrected chi connectivity index (χ4v) is 4.42. The van der Waals surface area contributed by atoms with E-state index in [9.17, 15) is 4.79 Å². The Morgan fingerprint density at radius 2 is 1.59 bits per heavy atom. The number of hydrogen-bond acceptors (Lipinski definition) is 2. The lowest BCUT2D eigenvalue weighted by molar-refractivity contribution is 0.0915. The first kappa shape index (κ1) is 17.9. The molecule has 0 radical (unpaired) electrons. The van der Waals surface area contributed by atoms with Gasteiger partial charge in [-0.1, -0.05) is 66.7 Å². The molecular formula is C26H24N2O. The van der Waals surface area contributed by atoms with Crippen LogP contribution < -0.4 is 5.32 Å². The summed E-state index contributed by atoms with van der Waals surface area (Å²) in [5.41, 5.74) is 7.15. The third-order valence-corrected chi connectivity index (χ3v) is 5.79. The van der Waals surface area contributed by atoms with Crippen molar-refractivity contribution in [3.63, 3.8) is 0 Å². The van der Waals surface area contributed by atoms with Gasteiger partial charge in [0.15, 0.2) is 0 Å². The summed E-state index contributed by atoms with van der Waals surface area (Å²) in [5, 5.41) is 4.68. The van der Waals surface area contributed by atoms with Gasteiger partial charge in [0.1, 0.15) is 0 Å². The molecule has 0 aliphatic carbocycles. The zero-order valence-corrected chi connectivity index (χ0v) is 16.4. The van der Waals surface area contributed by atoms with Crippen LogP contribution in [0.2, 0.25) is 0 Å². The van der Waals surface area contributed by atoms with E-state index in [1.54, 1.807) is 0 Å². The molecular weight excluding hydrogens is 356 g/mol. The van der Waals surface area contributed by atoms with Gasteiger partial charge in [0.25, 0.3) is 0 Å². The van der Waals surface area contributed by atoms with Crippen molar-refractivity contribution >= 4 is 16.8 Å². The molecule has 0 saturated heterocycles. The highest BCUT2D eigenvalue weighted by Gasteiger charge is 2.23. The third-order valence-electron chi connectivity index (χ3n) is 5.79. The number of rotatable bonds is 4. The van der Waals surface area contributed by atoms with Gasteiger partial charge in [-0.15, -0.1) is 0 Å². The molecule has 1 aliphatic heterocycles. The molecule has 0 amide bonds. The van der Waals surface area contributed by atoms with Crippen molar-refractivity contribution in [2.24, 2.45) is 0 Å². The number of carbonyl (C=O) groups is 1. The van der Waals surface area contributed by atoms with Gasteiger partial charge < -0.3 is 5.32 Å². The first-order valence-corrected chi connectivity index (χ1v) is 10.3. The molecule has 0 spiro atoms. The van der Waals surface area contributed by atoms with E-state index in [0.717, 1.165) is 42.7 Å². The van der Waals surface area contributed by atoms with Crippen molar-refractivity contribution in [1.29, 1.82) is 0 Å². The maximum Gasteiger partial charge on any atom is 0.235 e. The summed E-state index contributed by atoms with van der Waals surface area (Å²) in [6.45, 7) is 1.71. The summed E-state index contributed by atoms with van der Waals surface area (Å²) in [5.74, 6) is 0.141. The monoisotopic (exact) mass is 380 g/mol. The van der Waals surface area contributed by atoms with Crippen LogP contribution in [-0.2, 0) is 25.8 Å². The SMILES string of the molecule is O=C(Cc1ccccc1)n1c2c(c3cc(Cc4ccccc4)ccc31)CCNC2. The van der Waals surface area contributed by atoms with E-state index < -0.39 is 0 Å². The molecule has 1 aliphatic rings. The van der Waals surface area contributed by atoms with Crippen LogP contribution in [0.3, 0.4) is 0 Å². The molecule has 5 rings (SSSR count). The number of fused-ring (bicyclic) bond motifs is 3. The minimum atomic E-state index is 0.141. The van der Waals surface area contributed by atoms with Crippen LogP contribution in [-0.4, -0.2) is 17.0 Å². The highest BCUT2D eigenvalue weighted by atomic mass is 16.2. The standard InChI is InChI=1S/C26H24N2O/c29-26(17-20-9-5-2-6-10-20)28-24-12-11-21(15-19-7-3-1-4-8-19)16-23(24)22-13-14-27-18-25(22)28/h1-12,16,27H,13-15,17-18H2. The maximum absolute atomic E-state index is 13.3. The van der Waals surface area contributed by atoms with Crippen LogP contribution in [0.1, 0.15) is 32.7 Å². The Kier molecular flexibility index (Phi) is 4.74. The molecule has 3 heteroatoms. The van der Waals surface area contributed by atoms with E-state index >= 15 is 0 Å². The second kappa shape index (κ2) is 7.69. The number of aromatic nitrogens is 1. The van der Waals surface area contributed by atoms with Gasteiger partial charge in [0.05, 0.1) is 11.9 Å². The maximum atomic E-state index is 13.3. The lowest BCUT2D eigenvalue weighted by Crippen LogP contribution is -2.27. The molecule has 4 aromatic rings. The molecule has 3 aromatic carbocycles. The Morgan fingerprint density at radius 3 is 2.34 bits per heavy atom. The Morgan fingerprint density at radius 1 is 0.862 bits per heavy atom. The predicted octanol–water partition coefficient (Wildman–Crippen LogP) is 4.76. The quantitative estimate of drug-likeness (QED) is 0.554. The van der Waals surface area contributed by atoms with Crippen LogP contribution in [0.4, 0.5) is 0 Å². The van der Waals surface area contributed by atoms with Crippen molar-refractivity contribution in [2.45, 2.75) is 25.8 Å². The summed E-state index contributed by atoms with van der Waals surface area (Å²) >= 11 is 0. The van der Waals surface area contributed by atoms with Crippen LogP contribution in [0.5, 0.6) is 0 Å². The summed E-state index contributed by atoms with van der Waals surface area (Å²) in [6, 6.07) is 27.1. The first-order valence-electron chi connectivity index (χ1n) is 10.3. The van der Waals surface area contributed by atoms with Gasteiger partial charge in [-0.25, -0.2) is 0 Å². The van der Waals surface area contributed by atoms with Gasteiger partial charge in [0.2, 0.25) is 5.91 Å². The largest absolute Gasteiger partial charge is 0.311 e. The minimum Gasteiger partial charge on any atom is -0.311 e. The van der Waals surface area contributed by atoms with E-state index in [0.29, 0.717) is 6.42 Å². The normalized spacial score (nSPS) is 13.4. The van der Waals surface area contributed by atoms with E-state index in [2.05, 4.69) is 53.8 Å². The lowest BCUT2D eigenvalue weighted by Gasteiger charge is -2.16. The van der Waals surface area contributed by atoms with Crippen molar-refractivity contribution in [1.82, 2.24) is 9.88 Å². The molecule has 144 valence electrons. The number of carbonyl (C=O) groups excluding carboxylic acids is 1. The van der Waals surface area contributed by atoms with Crippen molar-refractivity contribution in [2.75, 3.05) is 6.54 Å². The molecule has 0 atom stereocenters. The summed E-state index contributed by atoms with van der Waals surface area (Å²) in [4.78, 5) is 13.3. The summed E-state index contributed by atoms with van der Waals surface area (Å²) in [7, 11) is 0. The van der Waals surface area contributed by atoms with Crippen molar-refractivity contribution in [3.05, 3.63) is 107 Å². The molecule has 2 heterocycles. The fourth-order valence-electron chi connectivity index (χ4n) is 4.42. The average molecular weight is 380 g/mol. The second-order valence-electron chi connectivity index (χ2n) is 7.76. The van der Waals surface area contributed by atoms with Crippen LogP contribution in [0.15, 0.2) is 78.9 Å². The van der Waals surface area contributed by atoms with Crippen molar-refractivity contribution in [3.8, 4) is 0 Å². The van der Waals surface area contributed by atoms with Gasteiger partial charge in [-0.3, -0.25) is 9.36 Å². The molecule has 1 N–H and O–H groups in total. The Balaban J connectivity index is 1.56. The first-order chi connectivity index (χ1) is 14.3. The molecule has 1 aromatic heterocycles. The number of hydrogen-bond donors (Lipinski definition) is 1. The molecule has 29 heavy (non-hydrogen) atoms. The van der Waals surface area contributed by atoms with Gasteiger partial charge >= 0.3 is 0 Å². The molecule has 0 fully saturated rings. The van der Waals surface area contributed by atoms with E-state index in [-0.39, 0.29) is 5.91 Å². The summed E-state index contributed by atoms with van der Waals surface area (Å²) < 4.78 is 1.95. The van der Waals surface area contributed by atoms with Crippen LogP contribution in [0, 0.1) is 0 Å². The Bertz CT molecular complexity index is 1160. The topological polar surface area (TPSA) is 34.0 Å². The molecule has 0 saturated carbocycles. The Hall–Kier alpha value is -3.17. The number of nitrogens with one attached hydrogen (secondary N) is 1. The van der Waals surface area contributed by atoms with E-state index in [4.69, 9.17) is 0 Å². The van der Waals surface area contributed by atoms with Gasteiger partial charge in [-0.2, -0.15) is 0 Å².